The molecule has 1 aliphatic heterocycles. The van der Waals surface area contributed by atoms with E-state index in [0.29, 0.717) is 5.92 Å². The van der Waals surface area contributed by atoms with Gasteiger partial charge in [-0.05, 0) is 25.3 Å². The number of likely N-dealkylation sites (tertiary alicyclic amines) is 1. The number of carbonyl (C=O) groups is 1. The van der Waals surface area contributed by atoms with Crippen LogP contribution in [0.2, 0.25) is 0 Å². The monoisotopic (exact) mass is 223 g/mol. The summed E-state index contributed by atoms with van der Waals surface area (Å²) in [7, 11) is 0. The van der Waals surface area contributed by atoms with E-state index in [1.165, 1.54) is 11.3 Å². The number of aromatic amines is 1. The van der Waals surface area contributed by atoms with Gasteiger partial charge in [0.15, 0.2) is 0 Å². The van der Waals surface area contributed by atoms with E-state index in [2.05, 4.69) is 10.2 Å². The molecule has 1 fully saturated rings. The van der Waals surface area contributed by atoms with Gasteiger partial charge in [0.05, 0.1) is 6.20 Å². The van der Waals surface area contributed by atoms with E-state index in [1.54, 1.807) is 4.90 Å². The minimum Gasteiger partial charge on any atom is -0.387 e. The molecule has 0 radical (unpaired) electrons. The predicted molar refractivity (Wildman–Crippen MR) is 59.0 cm³/mol. The molecule has 2 heterocycles. The van der Waals surface area contributed by atoms with Crippen LogP contribution < -0.4 is 0 Å². The zero-order valence-corrected chi connectivity index (χ0v) is 9.44. The molecule has 1 aliphatic rings. The van der Waals surface area contributed by atoms with Crippen LogP contribution >= 0.6 is 0 Å². The number of aliphatic hydroxyl groups excluding tert-OH is 1. The summed E-state index contributed by atoms with van der Waals surface area (Å²) < 4.78 is 0. The van der Waals surface area contributed by atoms with Gasteiger partial charge in [0.1, 0.15) is 6.61 Å². The van der Waals surface area contributed by atoms with Crippen molar-refractivity contribution in [2.75, 3.05) is 19.7 Å². The predicted octanol–water partition coefficient (Wildman–Crippen LogP) is 0.416. The number of amides is 1. The van der Waals surface area contributed by atoms with E-state index in [-0.39, 0.29) is 12.5 Å². The van der Waals surface area contributed by atoms with E-state index in [0.717, 1.165) is 25.9 Å². The Kier molecular flexibility index (Phi) is 3.24. The Balaban J connectivity index is 1.95. The normalized spacial score (nSPS) is 17.8. The number of nitrogens with zero attached hydrogens (tertiary/aromatic N) is 2. The van der Waals surface area contributed by atoms with Gasteiger partial charge < -0.3 is 10.0 Å². The van der Waals surface area contributed by atoms with E-state index >= 15 is 0 Å². The zero-order valence-electron chi connectivity index (χ0n) is 9.44. The number of carbonyl (C=O) groups excluding carboxylic acids is 1. The molecule has 0 unspecified atom stereocenters. The van der Waals surface area contributed by atoms with Crippen LogP contribution in [0, 0.1) is 6.92 Å². The number of H-pyrrole nitrogens is 1. The molecule has 1 saturated heterocycles. The zero-order chi connectivity index (χ0) is 11.5. The lowest BCUT2D eigenvalue weighted by Crippen LogP contribution is -2.39. The third-order valence-corrected chi connectivity index (χ3v) is 3.26. The van der Waals surface area contributed by atoms with Gasteiger partial charge in [0.2, 0.25) is 5.91 Å². The molecular weight excluding hydrogens is 206 g/mol. The number of rotatable bonds is 2. The number of aliphatic hydroxyl groups is 1. The summed E-state index contributed by atoms with van der Waals surface area (Å²) in [6.07, 6.45) is 3.71. The highest BCUT2D eigenvalue weighted by Crippen LogP contribution is 2.28. The van der Waals surface area contributed by atoms with Gasteiger partial charge in [-0.1, -0.05) is 0 Å². The number of piperidine rings is 1. The number of aryl methyl sites for hydroxylation is 1. The molecule has 0 bridgehead atoms. The Labute approximate surface area is 94.5 Å². The minimum absolute atomic E-state index is 0.167. The third-order valence-electron chi connectivity index (χ3n) is 3.26. The largest absolute Gasteiger partial charge is 0.387 e. The Morgan fingerprint density at radius 2 is 2.31 bits per heavy atom. The average molecular weight is 223 g/mol. The van der Waals surface area contributed by atoms with Crippen LogP contribution in [0.3, 0.4) is 0 Å². The Bertz CT molecular complexity index is 367. The summed E-state index contributed by atoms with van der Waals surface area (Å²) in [5.74, 6) is 0.296. The van der Waals surface area contributed by atoms with Crippen molar-refractivity contribution in [3.05, 3.63) is 17.5 Å². The van der Waals surface area contributed by atoms with Crippen molar-refractivity contribution in [3.8, 4) is 0 Å². The molecule has 88 valence electrons. The van der Waals surface area contributed by atoms with Gasteiger partial charge in [0, 0.05) is 24.7 Å². The Morgan fingerprint density at radius 3 is 2.81 bits per heavy atom. The van der Waals surface area contributed by atoms with Crippen molar-refractivity contribution in [3.63, 3.8) is 0 Å². The smallest absolute Gasteiger partial charge is 0.248 e. The summed E-state index contributed by atoms with van der Waals surface area (Å²) >= 11 is 0. The van der Waals surface area contributed by atoms with E-state index in [1.807, 2.05) is 13.1 Å². The topological polar surface area (TPSA) is 69.2 Å². The van der Waals surface area contributed by atoms with Gasteiger partial charge in [-0.25, -0.2) is 0 Å². The number of nitrogens with one attached hydrogen (secondary N) is 1. The van der Waals surface area contributed by atoms with Crippen LogP contribution in [-0.4, -0.2) is 45.8 Å². The summed E-state index contributed by atoms with van der Waals surface area (Å²) in [6.45, 7) is 3.11. The van der Waals surface area contributed by atoms with Gasteiger partial charge >= 0.3 is 0 Å². The van der Waals surface area contributed by atoms with Crippen molar-refractivity contribution in [1.82, 2.24) is 15.1 Å². The first-order valence-corrected chi connectivity index (χ1v) is 5.61. The molecule has 0 atom stereocenters. The quantitative estimate of drug-likeness (QED) is 0.763. The van der Waals surface area contributed by atoms with Gasteiger partial charge in [-0.15, -0.1) is 0 Å². The van der Waals surface area contributed by atoms with Crippen molar-refractivity contribution in [2.45, 2.75) is 25.7 Å². The fraction of sp³-hybridized carbons (Fsp3) is 0.636. The molecule has 0 spiro atoms. The van der Waals surface area contributed by atoms with Crippen molar-refractivity contribution in [2.24, 2.45) is 0 Å². The molecule has 16 heavy (non-hydrogen) atoms. The van der Waals surface area contributed by atoms with Crippen molar-refractivity contribution in [1.29, 1.82) is 0 Å². The molecule has 2 N–H and O–H groups in total. The lowest BCUT2D eigenvalue weighted by Gasteiger charge is -2.31. The lowest BCUT2D eigenvalue weighted by molar-refractivity contribution is -0.135. The molecule has 5 nitrogen and oxygen atoms in total. The highest BCUT2D eigenvalue weighted by atomic mass is 16.3. The Hall–Kier alpha value is -1.36. The lowest BCUT2D eigenvalue weighted by atomic mass is 9.92. The molecular formula is C11H17N3O2. The SMILES string of the molecule is Cc1cn[nH]c1C1CCN(C(=O)CO)CC1. The van der Waals surface area contributed by atoms with Gasteiger partial charge in [-0.2, -0.15) is 5.10 Å². The molecule has 1 aromatic rings. The fourth-order valence-corrected chi connectivity index (χ4v) is 2.29. The first kappa shape index (κ1) is 11.1. The second-order valence-corrected chi connectivity index (χ2v) is 4.28. The summed E-state index contributed by atoms with van der Waals surface area (Å²) in [4.78, 5) is 13.0. The second kappa shape index (κ2) is 4.65. The molecule has 2 rings (SSSR count). The average Bonchev–Trinajstić information content (AvgIpc) is 2.75. The van der Waals surface area contributed by atoms with E-state index < -0.39 is 0 Å². The highest BCUT2D eigenvalue weighted by molar-refractivity contribution is 5.77. The number of hydrogen-bond acceptors (Lipinski definition) is 3. The molecule has 0 aliphatic carbocycles. The van der Waals surface area contributed by atoms with Crippen LogP contribution in [0.25, 0.3) is 0 Å². The van der Waals surface area contributed by atoms with Crippen LogP contribution in [0.4, 0.5) is 0 Å². The first-order valence-electron chi connectivity index (χ1n) is 5.61. The summed E-state index contributed by atoms with van der Waals surface area (Å²) in [5, 5.41) is 15.8. The van der Waals surface area contributed by atoms with Crippen molar-refractivity contribution >= 4 is 5.91 Å². The maximum Gasteiger partial charge on any atom is 0.248 e. The third kappa shape index (κ3) is 2.09. The minimum atomic E-state index is -0.381. The maximum absolute atomic E-state index is 11.3. The molecule has 0 aromatic carbocycles. The van der Waals surface area contributed by atoms with Gasteiger partial charge in [-0.3, -0.25) is 9.89 Å². The van der Waals surface area contributed by atoms with Crippen LogP contribution in [0.1, 0.15) is 30.0 Å². The van der Waals surface area contributed by atoms with Crippen molar-refractivity contribution < 1.29 is 9.90 Å². The van der Waals surface area contributed by atoms with E-state index in [4.69, 9.17) is 5.11 Å². The maximum atomic E-state index is 11.3. The summed E-state index contributed by atoms with van der Waals surface area (Å²) in [5.41, 5.74) is 2.38. The molecule has 5 heteroatoms. The molecule has 0 saturated carbocycles. The number of aromatic nitrogens is 2. The molecule has 1 aromatic heterocycles. The van der Waals surface area contributed by atoms with Crippen LogP contribution in [-0.2, 0) is 4.79 Å². The van der Waals surface area contributed by atoms with Crippen LogP contribution in [0.15, 0.2) is 6.20 Å². The van der Waals surface area contributed by atoms with Gasteiger partial charge in [0.25, 0.3) is 0 Å². The summed E-state index contributed by atoms with van der Waals surface area (Å²) in [6, 6.07) is 0. The number of hydrogen-bond donors (Lipinski definition) is 2. The molecule has 1 amide bonds. The Morgan fingerprint density at radius 1 is 1.62 bits per heavy atom. The van der Waals surface area contributed by atoms with E-state index in [9.17, 15) is 4.79 Å². The highest BCUT2D eigenvalue weighted by Gasteiger charge is 2.24. The fourth-order valence-electron chi connectivity index (χ4n) is 2.29. The first-order chi connectivity index (χ1) is 7.72. The van der Waals surface area contributed by atoms with Crippen LogP contribution in [0.5, 0.6) is 0 Å². The standard InChI is InChI=1S/C11H17N3O2/c1-8-6-12-13-11(8)9-2-4-14(5-3-9)10(16)7-15/h6,9,15H,2-5,7H2,1H3,(H,12,13). The second-order valence-electron chi connectivity index (χ2n) is 4.28.